The number of para-hydroxylation sites is 1. The average molecular weight is 287 g/mol. The van der Waals surface area contributed by atoms with Crippen molar-refractivity contribution in [3.63, 3.8) is 0 Å². The highest BCUT2D eigenvalue weighted by molar-refractivity contribution is 5.57. The number of anilines is 1. The molecule has 2 aliphatic rings. The maximum Gasteiger partial charge on any atom is 0.0399 e. The van der Waals surface area contributed by atoms with Crippen molar-refractivity contribution in [1.29, 1.82) is 0 Å². The van der Waals surface area contributed by atoms with Crippen molar-refractivity contribution >= 4 is 5.69 Å². The van der Waals surface area contributed by atoms with Crippen LogP contribution in [0.2, 0.25) is 0 Å². The Bertz CT molecular complexity index is 446. The summed E-state index contributed by atoms with van der Waals surface area (Å²) < 4.78 is 0. The number of likely N-dealkylation sites (N-methyl/N-ethyl adjacent to an activating group) is 1. The van der Waals surface area contributed by atoms with Crippen LogP contribution in [-0.2, 0) is 6.42 Å². The molecule has 1 unspecified atom stereocenters. The Morgan fingerprint density at radius 2 is 2.10 bits per heavy atom. The molecular weight excluding hydrogens is 258 g/mol. The molecule has 1 fully saturated rings. The molecule has 1 atom stereocenters. The minimum Gasteiger partial charge on any atom is -0.371 e. The van der Waals surface area contributed by atoms with E-state index in [1.165, 1.54) is 63.0 Å². The summed E-state index contributed by atoms with van der Waals surface area (Å²) >= 11 is 0. The van der Waals surface area contributed by atoms with E-state index in [0.717, 1.165) is 19.1 Å². The number of fused-ring (bicyclic) bond motifs is 1. The third-order valence-electron chi connectivity index (χ3n) is 5.07. The van der Waals surface area contributed by atoms with Crippen LogP contribution in [0.15, 0.2) is 24.3 Å². The standard InChI is InChI=1S/C18H29N3/c1-20-12-5-4-8-17(20)15-19-11-6-13-21-14-10-16-7-2-3-9-18(16)21/h2-3,7,9,17,19H,4-6,8,10-15H2,1H3. The fourth-order valence-corrected chi connectivity index (χ4v) is 3.70. The first kappa shape index (κ1) is 14.9. The van der Waals surface area contributed by atoms with Gasteiger partial charge >= 0.3 is 0 Å². The number of hydrogen-bond acceptors (Lipinski definition) is 3. The Hall–Kier alpha value is -1.06. The van der Waals surface area contributed by atoms with Crippen LogP contribution in [0.3, 0.4) is 0 Å². The Morgan fingerprint density at radius 1 is 1.19 bits per heavy atom. The summed E-state index contributed by atoms with van der Waals surface area (Å²) in [4.78, 5) is 5.07. The molecule has 0 aliphatic carbocycles. The summed E-state index contributed by atoms with van der Waals surface area (Å²) in [7, 11) is 2.27. The van der Waals surface area contributed by atoms with Crippen molar-refractivity contribution in [3.8, 4) is 0 Å². The van der Waals surface area contributed by atoms with Gasteiger partial charge in [-0.1, -0.05) is 24.6 Å². The fraction of sp³-hybridized carbons (Fsp3) is 0.667. The highest BCUT2D eigenvalue weighted by atomic mass is 15.2. The Morgan fingerprint density at radius 3 is 3.00 bits per heavy atom. The van der Waals surface area contributed by atoms with Crippen molar-refractivity contribution in [2.45, 2.75) is 38.1 Å². The van der Waals surface area contributed by atoms with Gasteiger partial charge in [0, 0.05) is 31.4 Å². The lowest BCUT2D eigenvalue weighted by Crippen LogP contribution is -2.43. The predicted molar refractivity (Wildman–Crippen MR) is 90.1 cm³/mol. The summed E-state index contributed by atoms with van der Waals surface area (Å²) in [5.74, 6) is 0. The summed E-state index contributed by atoms with van der Waals surface area (Å²) in [6.07, 6.45) is 6.60. The second-order valence-electron chi connectivity index (χ2n) is 6.55. The van der Waals surface area contributed by atoms with E-state index in [9.17, 15) is 0 Å². The minimum atomic E-state index is 0.756. The molecule has 3 nitrogen and oxygen atoms in total. The minimum absolute atomic E-state index is 0.756. The summed E-state index contributed by atoms with van der Waals surface area (Å²) in [6, 6.07) is 9.62. The smallest absolute Gasteiger partial charge is 0.0399 e. The van der Waals surface area contributed by atoms with Crippen LogP contribution in [0.5, 0.6) is 0 Å². The number of rotatable bonds is 6. The van der Waals surface area contributed by atoms with Gasteiger partial charge in [0.2, 0.25) is 0 Å². The second-order valence-corrected chi connectivity index (χ2v) is 6.55. The average Bonchev–Trinajstić information content (AvgIpc) is 2.92. The van der Waals surface area contributed by atoms with E-state index in [0.29, 0.717) is 0 Å². The number of nitrogens with zero attached hydrogens (tertiary/aromatic N) is 2. The molecule has 2 aliphatic heterocycles. The molecule has 116 valence electrons. The lowest BCUT2D eigenvalue weighted by Gasteiger charge is -2.32. The van der Waals surface area contributed by atoms with Crippen molar-refractivity contribution in [3.05, 3.63) is 29.8 Å². The van der Waals surface area contributed by atoms with Crippen molar-refractivity contribution in [1.82, 2.24) is 10.2 Å². The Balaban J connectivity index is 1.34. The van der Waals surface area contributed by atoms with Gasteiger partial charge in [-0.05, 0) is 57.5 Å². The Labute approximate surface area is 129 Å². The van der Waals surface area contributed by atoms with Gasteiger partial charge in [-0.25, -0.2) is 0 Å². The number of piperidine rings is 1. The van der Waals surface area contributed by atoms with Crippen molar-refractivity contribution in [2.24, 2.45) is 0 Å². The van der Waals surface area contributed by atoms with Crippen molar-refractivity contribution in [2.75, 3.05) is 44.7 Å². The highest BCUT2D eigenvalue weighted by Crippen LogP contribution is 2.27. The third kappa shape index (κ3) is 3.78. The second kappa shape index (κ2) is 7.28. The van der Waals surface area contributed by atoms with Crippen LogP contribution < -0.4 is 10.2 Å². The normalized spacial score (nSPS) is 22.5. The Kier molecular flexibility index (Phi) is 5.15. The largest absolute Gasteiger partial charge is 0.371 e. The van der Waals surface area contributed by atoms with Gasteiger partial charge in [-0.2, -0.15) is 0 Å². The zero-order valence-electron chi connectivity index (χ0n) is 13.4. The molecule has 0 saturated carbocycles. The van der Waals surface area contributed by atoms with E-state index in [-0.39, 0.29) is 0 Å². The molecule has 3 rings (SSSR count). The molecule has 3 heteroatoms. The number of likely N-dealkylation sites (tertiary alicyclic amines) is 1. The van der Waals surface area contributed by atoms with E-state index in [4.69, 9.17) is 0 Å². The van der Waals surface area contributed by atoms with E-state index in [1.54, 1.807) is 0 Å². The first-order chi connectivity index (χ1) is 10.3. The van der Waals surface area contributed by atoms with E-state index in [1.807, 2.05) is 0 Å². The zero-order valence-corrected chi connectivity index (χ0v) is 13.4. The molecular formula is C18H29N3. The van der Waals surface area contributed by atoms with Crippen LogP contribution in [0, 0.1) is 0 Å². The molecule has 0 aromatic heterocycles. The van der Waals surface area contributed by atoms with Crippen LogP contribution in [0.4, 0.5) is 5.69 Å². The van der Waals surface area contributed by atoms with E-state index >= 15 is 0 Å². The lowest BCUT2D eigenvalue weighted by molar-refractivity contribution is 0.182. The van der Waals surface area contributed by atoms with Gasteiger partial charge in [0.15, 0.2) is 0 Å². The number of nitrogens with one attached hydrogen (secondary N) is 1. The van der Waals surface area contributed by atoms with Gasteiger partial charge < -0.3 is 15.1 Å². The molecule has 0 amide bonds. The molecule has 2 heterocycles. The van der Waals surface area contributed by atoms with E-state index in [2.05, 4.69) is 46.4 Å². The van der Waals surface area contributed by atoms with Gasteiger partial charge in [-0.3, -0.25) is 0 Å². The maximum absolute atomic E-state index is 3.67. The molecule has 21 heavy (non-hydrogen) atoms. The quantitative estimate of drug-likeness (QED) is 0.811. The number of benzene rings is 1. The maximum atomic E-state index is 3.67. The molecule has 1 N–H and O–H groups in total. The van der Waals surface area contributed by atoms with Crippen LogP contribution in [-0.4, -0.2) is 50.7 Å². The first-order valence-electron chi connectivity index (χ1n) is 8.58. The first-order valence-corrected chi connectivity index (χ1v) is 8.58. The zero-order chi connectivity index (χ0) is 14.5. The summed E-state index contributed by atoms with van der Waals surface area (Å²) in [5.41, 5.74) is 2.99. The molecule has 1 saturated heterocycles. The van der Waals surface area contributed by atoms with Crippen molar-refractivity contribution < 1.29 is 0 Å². The van der Waals surface area contributed by atoms with Crippen LogP contribution in [0.1, 0.15) is 31.2 Å². The monoisotopic (exact) mass is 287 g/mol. The van der Waals surface area contributed by atoms with Gasteiger partial charge in [0.1, 0.15) is 0 Å². The van der Waals surface area contributed by atoms with Crippen LogP contribution >= 0.6 is 0 Å². The molecule has 0 bridgehead atoms. The molecule has 0 spiro atoms. The fourth-order valence-electron chi connectivity index (χ4n) is 3.70. The van der Waals surface area contributed by atoms with Gasteiger partial charge in [-0.15, -0.1) is 0 Å². The van der Waals surface area contributed by atoms with Gasteiger partial charge in [0.25, 0.3) is 0 Å². The topological polar surface area (TPSA) is 18.5 Å². The molecule has 1 aromatic rings. The number of hydrogen-bond donors (Lipinski definition) is 1. The summed E-state index contributed by atoms with van der Waals surface area (Å²) in [5, 5.41) is 3.67. The molecule has 1 aromatic carbocycles. The van der Waals surface area contributed by atoms with Crippen LogP contribution in [0.25, 0.3) is 0 Å². The van der Waals surface area contributed by atoms with E-state index < -0.39 is 0 Å². The highest BCUT2D eigenvalue weighted by Gasteiger charge is 2.19. The van der Waals surface area contributed by atoms with Gasteiger partial charge in [0.05, 0.1) is 0 Å². The third-order valence-corrected chi connectivity index (χ3v) is 5.07. The summed E-state index contributed by atoms with van der Waals surface area (Å²) in [6.45, 7) is 5.96. The lowest BCUT2D eigenvalue weighted by atomic mass is 10.0. The predicted octanol–water partition coefficient (Wildman–Crippen LogP) is 2.51. The SMILES string of the molecule is CN1CCCCC1CNCCCN1CCc2ccccc21. The molecule has 0 radical (unpaired) electrons.